The van der Waals surface area contributed by atoms with Crippen molar-refractivity contribution in [1.82, 2.24) is 0 Å². The van der Waals surface area contributed by atoms with E-state index >= 15 is 0 Å². The Balaban J connectivity index is 2.14. The Bertz CT molecular complexity index is 1010. The van der Waals surface area contributed by atoms with Gasteiger partial charge in [-0.3, -0.25) is 4.79 Å². The van der Waals surface area contributed by atoms with Crippen LogP contribution in [0.4, 0.5) is 0 Å². The van der Waals surface area contributed by atoms with E-state index in [0.29, 0.717) is 12.0 Å². The van der Waals surface area contributed by atoms with Crippen molar-refractivity contribution in [2.45, 2.75) is 19.8 Å². The summed E-state index contributed by atoms with van der Waals surface area (Å²) in [5.74, 6) is -0.0203. The Morgan fingerprint density at radius 3 is 2.52 bits per heavy atom. The van der Waals surface area contributed by atoms with E-state index in [1.54, 1.807) is 24.5 Å². The lowest BCUT2D eigenvalue weighted by atomic mass is 9.92. The molecule has 1 N–H and O–H groups in total. The van der Waals surface area contributed by atoms with Gasteiger partial charge in [-0.05, 0) is 59.7 Å². The van der Waals surface area contributed by atoms with Crippen LogP contribution in [-0.2, 0) is 11.2 Å². The number of rotatable bonds is 6. The molecule has 0 bridgehead atoms. The van der Waals surface area contributed by atoms with Crippen LogP contribution in [0, 0.1) is 18.3 Å². The number of carbonyl (C=O) groups is 1. The molecule has 0 saturated carbocycles. The SMILES string of the molecule is COc1ccc(-c2csc(CCC(=O)O)c2-c2ccc(C#N)cc2C)cc1. The van der Waals surface area contributed by atoms with Gasteiger partial charge in [0.1, 0.15) is 5.75 Å². The van der Waals surface area contributed by atoms with Gasteiger partial charge >= 0.3 is 5.97 Å². The van der Waals surface area contributed by atoms with Crippen LogP contribution in [0.1, 0.15) is 22.4 Å². The van der Waals surface area contributed by atoms with Crippen molar-refractivity contribution in [1.29, 1.82) is 5.26 Å². The molecule has 0 radical (unpaired) electrons. The first-order valence-electron chi connectivity index (χ1n) is 8.51. The van der Waals surface area contributed by atoms with Crippen LogP contribution in [-0.4, -0.2) is 18.2 Å². The second-order valence-corrected chi connectivity index (χ2v) is 7.18. The largest absolute Gasteiger partial charge is 0.497 e. The lowest BCUT2D eigenvalue weighted by Crippen LogP contribution is -1.98. The summed E-state index contributed by atoms with van der Waals surface area (Å²) in [6, 6.07) is 15.6. The maximum Gasteiger partial charge on any atom is 0.303 e. The quantitative estimate of drug-likeness (QED) is 0.634. The van der Waals surface area contributed by atoms with E-state index in [1.807, 2.05) is 43.3 Å². The molecule has 1 aromatic heterocycles. The molecule has 2 aromatic carbocycles. The zero-order chi connectivity index (χ0) is 19.4. The summed E-state index contributed by atoms with van der Waals surface area (Å²) in [6.07, 6.45) is 0.565. The highest BCUT2D eigenvalue weighted by molar-refractivity contribution is 7.11. The van der Waals surface area contributed by atoms with E-state index in [4.69, 9.17) is 15.1 Å². The number of methoxy groups -OCH3 is 1. The van der Waals surface area contributed by atoms with Gasteiger partial charge in [0.25, 0.3) is 0 Å². The number of ether oxygens (including phenoxy) is 1. The number of benzene rings is 2. The minimum Gasteiger partial charge on any atom is -0.497 e. The summed E-state index contributed by atoms with van der Waals surface area (Å²) < 4.78 is 5.24. The molecule has 0 spiro atoms. The molecule has 4 nitrogen and oxygen atoms in total. The Labute approximate surface area is 162 Å². The van der Waals surface area contributed by atoms with Gasteiger partial charge < -0.3 is 9.84 Å². The van der Waals surface area contributed by atoms with E-state index in [2.05, 4.69) is 11.4 Å². The molecule has 0 aliphatic rings. The molecule has 136 valence electrons. The van der Waals surface area contributed by atoms with Crippen molar-refractivity contribution in [3.8, 4) is 34.1 Å². The predicted molar refractivity (Wildman–Crippen MR) is 107 cm³/mol. The lowest BCUT2D eigenvalue weighted by Gasteiger charge is -2.12. The zero-order valence-corrected chi connectivity index (χ0v) is 16.0. The Morgan fingerprint density at radius 2 is 1.93 bits per heavy atom. The van der Waals surface area contributed by atoms with Crippen LogP contribution < -0.4 is 4.74 Å². The molecule has 0 fully saturated rings. The maximum absolute atomic E-state index is 11.1. The minimum atomic E-state index is -0.808. The smallest absolute Gasteiger partial charge is 0.303 e. The predicted octanol–water partition coefficient (Wildman–Crippen LogP) is 5.29. The van der Waals surface area contributed by atoms with Crippen molar-refractivity contribution in [2.24, 2.45) is 0 Å². The van der Waals surface area contributed by atoms with Crippen LogP contribution in [0.2, 0.25) is 0 Å². The fourth-order valence-corrected chi connectivity index (χ4v) is 4.17. The maximum atomic E-state index is 11.1. The van der Waals surface area contributed by atoms with Crippen LogP contribution >= 0.6 is 11.3 Å². The van der Waals surface area contributed by atoms with Gasteiger partial charge in [-0.2, -0.15) is 5.26 Å². The Morgan fingerprint density at radius 1 is 1.19 bits per heavy atom. The van der Waals surface area contributed by atoms with Crippen molar-refractivity contribution in [3.05, 3.63) is 63.8 Å². The zero-order valence-electron chi connectivity index (χ0n) is 15.2. The van der Waals surface area contributed by atoms with Gasteiger partial charge in [-0.15, -0.1) is 11.3 Å². The highest BCUT2D eigenvalue weighted by atomic mass is 32.1. The van der Waals surface area contributed by atoms with Crippen LogP contribution in [0.3, 0.4) is 0 Å². The van der Waals surface area contributed by atoms with Gasteiger partial charge in [0.05, 0.1) is 25.2 Å². The first kappa shape index (κ1) is 18.7. The minimum absolute atomic E-state index is 0.0882. The average molecular weight is 377 g/mol. The van der Waals surface area contributed by atoms with Crippen LogP contribution in [0.25, 0.3) is 22.3 Å². The number of aryl methyl sites for hydroxylation is 2. The highest BCUT2D eigenvalue weighted by Crippen LogP contribution is 2.41. The molecular formula is C22H19NO3S. The number of hydrogen-bond acceptors (Lipinski definition) is 4. The normalized spacial score (nSPS) is 10.4. The molecule has 0 aliphatic heterocycles. The summed E-state index contributed by atoms with van der Waals surface area (Å²) in [5, 5.41) is 20.3. The summed E-state index contributed by atoms with van der Waals surface area (Å²) in [6.45, 7) is 1.98. The van der Waals surface area contributed by atoms with E-state index in [0.717, 1.165) is 38.4 Å². The number of thiophene rings is 1. The topological polar surface area (TPSA) is 70.3 Å². The average Bonchev–Trinajstić information content (AvgIpc) is 3.10. The van der Waals surface area contributed by atoms with Gasteiger partial charge in [0.15, 0.2) is 0 Å². The first-order chi connectivity index (χ1) is 13.0. The lowest BCUT2D eigenvalue weighted by molar-refractivity contribution is -0.136. The Kier molecular flexibility index (Phi) is 5.58. The molecule has 0 unspecified atom stereocenters. The second kappa shape index (κ2) is 8.07. The van der Waals surface area contributed by atoms with E-state index in [1.165, 1.54) is 0 Å². The van der Waals surface area contributed by atoms with E-state index in [9.17, 15) is 4.79 Å². The van der Waals surface area contributed by atoms with Crippen LogP contribution in [0.5, 0.6) is 5.75 Å². The third kappa shape index (κ3) is 4.02. The highest BCUT2D eigenvalue weighted by Gasteiger charge is 2.18. The van der Waals surface area contributed by atoms with Gasteiger partial charge in [-0.25, -0.2) is 0 Å². The second-order valence-electron chi connectivity index (χ2n) is 6.21. The van der Waals surface area contributed by atoms with E-state index in [-0.39, 0.29) is 6.42 Å². The van der Waals surface area contributed by atoms with Gasteiger partial charge in [-0.1, -0.05) is 18.2 Å². The van der Waals surface area contributed by atoms with Crippen LogP contribution in [0.15, 0.2) is 47.8 Å². The summed E-state index contributed by atoms with van der Waals surface area (Å²) in [4.78, 5) is 12.1. The molecule has 5 heteroatoms. The number of carboxylic acids is 1. The number of nitriles is 1. The molecule has 0 amide bonds. The summed E-state index contributed by atoms with van der Waals surface area (Å²) >= 11 is 1.58. The third-order valence-electron chi connectivity index (χ3n) is 4.46. The third-order valence-corrected chi connectivity index (χ3v) is 5.51. The fourth-order valence-electron chi connectivity index (χ4n) is 3.09. The number of aliphatic carboxylic acids is 1. The van der Waals surface area contributed by atoms with Crippen molar-refractivity contribution in [3.63, 3.8) is 0 Å². The molecular weight excluding hydrogens is 358 g/mol. The molecule has 3 rings (SSSR count). The van der Waals surface area contributed by atoms with Crippen molar-refractivity contribution in [2.75, 3.05) is 7.11 Å². The van der Waals surface area contributed by atoms with Crippen molar-refractivity contribution < 1.29 is 14.6 Å². The molecule has 3 aromatic rings. The monoisotopic (exact) mass is 377 g/mol. The molecule has 1 heterocycles. The van der Waals surface area contributed by atoms with Crippen molar-refractivity contribution >= 4 is 17.3 Å². The Hall–Kier alpha value is -3.10. The molecule has 0 saturated heterocycles. The van der Waals surface area contributed by atoms with Gasteiger partial charge in [0, 0.05) is 16.0 Å². The van der Waals surface area contributed by atoms with E-state index < -0.39 is 5.97 Å². The summed E-state index contributed by atoms with van der Waals surface area (Å²) in [7, 11) is 1.63. The first-order valence-corrected chi connectivity index (χ1v) is 9.39. The molecule has 0 aliphatic carbocycles. The molecule has 0 atom stereocenters. The number of carboxylic acid groups (broad SMARTS) is 1. The van der Waals surface area contributed by atoms with Gasteiger partial charge in [0.2, 0.25) is 0 Å². The standard InChI is InChI=1S/C22H19NO3S/c1-14-11-15(12-23)3-8-18(14)22-19(13-27-20(22)9-10-21(24)25)16-4-6-17(26-2)7-5-16/h3-8,11,13H,9-10H2,1-2H3,(H,24,25). The summed E-state index contributed by atoms with van der Waals surface area (Å²) in [5.41, 5.74) is 5.81. The fraction of sp³-hybridized carbons (Fsp3) is 0.182. The molecule has 27 heavy (non-hydrogen) atoms. The number of nitrogens with zero attached hydrogens (tertiary/aromatic N) is 1. The number of hydrogen-bond donors (Lipinski definition) is 1.